The molecular formula is C19H25FN4O2. The van der Waals surface area contributed by atoms with Crippen molar-refractivity contribution in [2.45, 2.75) is 32.2 Å². The zero-order chi connectivity index (χ0) is 18.1. The predicted octanol–water partition coefficient (Wildman–Crippen LogP) is 1.61. The van der Waals surface area contributed by atoms with E-state index in [-0.39, 0.29) is 17.6 Å². The number of anilines is 1. The number of piperazine rings is 1. The molecule has 6 nitrogen and oxygen atoms in total. The number of rotatable bonds is 4. The molecule has 140 valence electrons. The van der Waals surface area contributed by atoms with Crippen molar-refractivity contribution in [1.29, 1.82) is 0 Å². The first-order chi connectivity index (χ1) is 12.6. The number of hydrogen-bond donors (Lipinski definition) is 0. The average Bonchev–Trinajstić information content (AvgIpc) is 3.26. The lowest BCUT2D eigenvalue weighted by Gasteiger charge is -2.38. The summed E-state index contributed by atoms with van der Waals surface area (Å²) in [5.41, 5.74) is 1.77. The number of carbonyl (C=O) groups is 2. The first-order valence-corrected chi connectivity index (χ1v) is 9.49. The molecule has 3 saturated heterocycles. The maximum atomic E-state index is 14.5. The Balaban J connectivity index is 1.41. The SMILES string of the molecule is O=C1CCC(=O)N1N1CCN(Cc2cccc(F)c2N2CCCC2)CC1. The molecule has 0 unspecified atom stereocenters. The maximum Gasteiger partial charge on any atom is 0.244 e. The van der Waals surface area contributed by atoms with Crippen LogP contribution in [-0.2, 0) is 16.1 Å². The molecule has 7 heteroatoms. The Morgan fingerprint density at radius 3 is 2.19 bits per heavy atom. The normalized spacial score (nSPS) is 22.7. The number of hydrazine groups is 1. The van der Waals surface area contributed by atoms with Gasteiger partial charge in [-0.25, -0.2) is 14.4 Å². The van der Waals surface area contributed by atoms with Crippen molar-refractivity contribution in [2.24, 2.45) is 0 Å². The van der Waals surface area contributed by atoms with E-state index in [4.69, 9.17) is 0 Å². The van der Waals surface area contributed by atoms with E-state index in [0.717, 1.165) is 50.3 Å². The highest BCUT2D eigenvalue weighted by Gasteiger charge is 2.35. The number of benzene rings is 1. The molecule has 0 N–H and O–H groups in total. The molecule has 0 radical (unpaired) electrons. The van der Waals surface area contributed by atoms with Gasteiger partial charge in [0.05, 0.1) is 5.69 Å². The molecule has 0 atom stereocenters. The highest BCUT2D eigenvalue weighted by atomic mass is 19.1. The smallest absolute Gasteiger partial charge is 0.244 e. The minimum Gasteiger partial charge on any atom is -0.369 e. The van der Waals surface area contributed by atoms with Gasteiger partial charge in [0.25, 0.3) is 0 Å². The molecule has 1 aromatic carbocycles. The van der Waals surface area contributed by atoms with Crippen LogP contribution in [0, 0.1) is 5.82 Å². The fourth-order valence-electron chi connectivity index (χ4n) is 4.20. The predicted molar refractivity (Wildman–Crippen MR) is 95.8 cm³/mol. The van der Waals surface area contributed by atoms with Crippen LogP contribution in [0.1, 0.15) is 31.2 Å². The van der Waals surface area contributed by atoms with E-state index in [1.54, 1.807) is 12.1 Å². The third-order valence-corrected chi connectivity index (χ3v) is 5.54. The number of hydrogen-bond acceptors (Lipinski definition) is 5. The third kappa shape index (κ3) is 3.33. The van der Waals surface area contributed by atoms with Gasteiger partial charge in [-0.3, -0.25) is 14.5 Å². The molecule has 26 heavy (non-hydrogen) atoms. The van der Waals surface area contributed by atoms with Gasteiger partial charge >= 0.3 is 0 Å². The minimum atomic E-state index is -0.142. The first kappa shape index (κ1) is 17.4. The average molecular weight is 360 g/mol. The second kappa shape index (κ2) is 7.32. The maximum absolute atomic E-state index is 14.5. The molecule has 3 aliphatic rings. The highest BCUT2D eigenvalue weighted by molar-refractivity contribution is 6.01. The van der Waals surface area contributed by atoms with Crippen molar-refractivity contribution in [3.05, 3.63) is 29.6 Å². The van der Waals surface area contributed by atoms with Gasteiger partial charge in [0.1, 0.15) is 5.82 Å². The Morgan fingerprint density at radius 1 is 0.885 bits per heavy atom. The van der Waals surface area contributed by atoms with Gasteiger partial charge in [0.2, 0.25) is 11.8 Å². The van der Waals surface area contributed by atoms with Crippen molar-refractivity contribution in [3.63, 3.8) is 0 Å². The molecule has 3 heterocycles. The standard InChI is InChI=1S/C19H25FN4O2/c20-16-5-3-4-15(19(16)22-8-1-2-9-22)14-21-10-12-23(13-11-21)24-17(25)6-7-18(24)26/h3-5H,1-2,6-14H2. The Morgan fingerprint density at radius 2 is 1.54 bits per heavy atom. The number of halogens is 1. The zero-order valence-corrected chi connectivity index (χ0v) is 15.0. The molecular weight excluding hydrogens is 335 g/mol. The van der Waals surface area contributed by atoms with Gasteiger partial charge in [0, 0.05) is 58.7 Å². The lowest BCUT2D eigenvalue weighted by Crippen LogP contribution is -2.55. The van der Waals surface area contributed by atoms with E-state index in [1.165, 1.54) is 5.01 Å². The second-order valence-corrected chi connectivity index (χ2v) is 7.27. The molecule has 0 aromatic heterocycles. The van der Waals surface area contributed by atoms with E-state index in [0.29, 0.717) is 32.5 Å². The van der Waals surface area contributed by atoms with E-state index in [2.05, 4.69) is 9.80 Å². The zero-order valence-electron chi connectivity index (χ0n) is 15.0. The monoisotopic (exact) mass is 360 g/mol. The van der Waals surface area contributed by atoms with Crippen LogP contribution >= 0.6 is 0 Å². The summed E-state index contributed by atoms with van der Waals surface area (Å²) >= 11 is 0. The summed E-state index contributed by atoms with van der Waals surface area (Å²) in [6.45, 7) is 5.33. The van der Waals surface area contributed by atoms with Gasteiger partial charge in [-0.15, -0.1) is 0 Å². The number of carbonyl (C=O) groups excluding carboxylic acids is 2. The molecule has 4 rings (SSSR count). The largest absolute Gasteiger partial charge is 0.369 e. The van der Waals surface area contributed by atoms with E-state index >= 15 is 0 Å². The van der Waals surface area contributed by atoms with Crippen LogP contribution in [0.5, 0.6) is 0 Å². The summed E-state index contributed by atoms with van der Waals surface area (Å²) < 4.78 is 14.5. The van der Waals surface area contributed by atoms with Gasteiger partial charge in [-0.2, -0.15) is 0 Å². The lowest BCUT2D eigenvalue weighted by atomic mass is 10.1. The number of para-hydroxylation sites is 1. The van der Waals surface area contributed by atoms with Crippen molar-refractivity contribution in [3.8, 4) is 0 Å². The van der Waals surface area contributed by atoms with Crippen LogP contribution in [0.4, 0.5) is 10.1 Å². The molecule has 0 bridgehead atoms. The summed E-state index contributed by atoms with van der Waals surface area (Å²) in [6.07, 6.45) is 2.87. The van der Waals surface area contributed by atoms with Crippen LogP contribution in [0.25, 0.3) is 0 Å². The quantitative estimate of drug-likeness (QED) is 0.764. The van der Waals surface area contributed by atoms with Gasteiger partial charge in [-0.1, -0.05) is 12.1 Å². The fraction of sp³-hybridized carbons (Fsp3) is 0.579. The summed E-state index contributed by atoms with van der Waals surface area (Å²) in [5, 5.41) is 3.19. The topological polar surface area (TPSA) is 47.1 Å². The first-order valence-electron chi connectivity index (χ1n) is 9.49. The van der Waals surface area contributed by atoms with Crippen LogP contribution < -0.4 is 4.90 Å². The Hall–Kier alpha value is -1.99. The molecule has 2 amide bonds. The number of amides is 2. The van der Waals surface area contributed by atoms with Gasteiger partial charge in [0.15, 0.2) is 0 Å². The summed E-state index contributed by atoms with van der Waals surface area (Å²) in [7, 11) is 0. The lowest BCUT2D eigenvalue weighted by molar-refractivity contribution is -0.160. The highest BCUT2D eigenvalue weighted by Crippen LogP contribution is 2.29. The third-order valence-electron chi connectivity index (χ3n) is 5.54. The Labute approximate surface area is 153 Å². The van der Waals surface area contributed by atoms with Crippen LogP contribution in [0.2, 0.25) is 0 Å². The minimum absolute atomic E-state index is 0.0927. The number of nitrogens with zero attached hydrogens (tertiary/aromatic N) is 4. The molecule has 0 spiro atoms. The van der Waals surface area contributed by atoms with E-state index in [1.807, 2.05) is 11.1 Å². The van der Waals surface area contributed by atoms with Crippen LogP contribution in [0.3, 0.4) is 0 Å². The van der Waals surface area contributed by atoms with Gasteiger partial charge < -0.3 is 4.90 Å². The van der Waals surface area contributed by atoms with E-state index < -0.39 is 0 Å². The van der Waals surface area contributed by atoms with Crippen LogP contribution in [-0.4, -0.2) is 66.0 Å². The molecule has 3 aliphatic heterocycles. The summed E-state index contributed by atoms with van der Waals surface area (Å²) in [5.74, 6) is -0.328. The van der Waals surface area contributed by atoms with Crippen molar-refractivity contribution >= 4 is 17.5 Å². The molecule has 1 aromatic rings. The molecule has 0 aliphatic carbocycles. The Kier molecular flexibility index (Phi) is 4.91. The van der Waals surface area contributed by atoms with Crippen LogP contribution in [0.15, 0.2) is 18.2 Å². The number of imide groups is 1. The summed E-state index contributed by atoms with van der Waals surface area (Å²) in [4.78, 5) is 28.2. The molecule has 0 saturated carbocycles. The van der Waals surface area contributed by atoms with Crippen molar-refractivity contribution in [1.82, 2.24) is 14.9 Å². The van der Waals surface area contributed by atoms with Crippen molar-refractivity contribution < 1.29 is 14.0 Å². The Bertz CT molecular complexity index is 681. The summed E-state index contributed by atoms with van der Waals surface area (Å²) in [6, 6.07) is 5.33. The fourth-order valence-corrected chi connectivity index (χ4v) is 4.20. The van der Waals surface area contributed by atoms with Gasteiger partial charge in [-0.05, 0) is 24.5 Å². The van der Waals surface area contributed by atoms with E-state index in [9.17, 15) is 14.0 Å². The molecule has 3 fully saturated rings. The second-order valence-electron chi connectivity index (χ2n) is 7.27. The van der Waals surface area contributed by atoms with Crippen molar-refractivity contribution in [2.75, 3.05) is 44.2 Å².